The van der Waals surface area contributed by atoms with Crippen molar-refractivity contribution >= 4 is 5.91 Å². The largest absolute Gasteiger partial charge is 0.328 e. The number of carbonyl (C=O) groups is 1. The minimum Gasteiger partial charge on any atom is -0.328 e. The van der Waals surface area contributed by atoms with Crippen LogP contribution in [0.5, 0.6) is 0 Å². The minimum atomic E-state index is -0.0272. The molecule has 0 aromatic heterocycles. The number of hydrogen-bond donors (Lipinski definition) is 1. The van der Waals surface area contributed by atoms with Gasteiger partial charge in [0.15, 0.2) is 0 Å². The fraction of sp³-hybridized carbons (Fsp3) is 0.727. The smallest absolute Gasteiger partial charge is 0.241 e. The second kappa shape index (κ2) is 4.60. The third-order valence-corrected chi connectivity index (χ3v) is 2.96. The fourth-order valence-corrected chi connectivity index (χ4v) is 1.74. The fourth-order valence-electron chi connectivity index (χ4n) is 1.74. The van der Waals surface area contributed by atoms with Gasteiger partial charge in [-0.2, -0.15) is 0 Å². The first-order valence-electron chi connectivity index (χ1n) is 5.32. The molecule has 0 saturated carbocycles. The maximum atomic E-state index is 11.7. The van der Waals surface area contributed by atoms with Crippen molar-refractivity contribution in [3.8, 4) is 0 Å². The van der Waals surface area contributed by atoms with E-state index in [4.69, 9.17) is 0 Å². The Hall–Kier alpha value is -0.830. The van der Waals surface area contributed by atoms with E-state index in [1.807, 2.05) is 14.0 Å². The molecule has 0 unspecified atom stereocenters. The highest BCUT2D eigenvalue weighted by atomic mass is 16.2. The molecule has 0 spiro atoms. The number of amides is 1. The lowest BCUT2D eigenvalue weighted by Crippen LogP contribution is -2.40. The van der Waals surface area contributed by atoms with Crippen molar-refractivity contribution < 1.29 is 4.79 Å². The number of nitrogens with zero attached hydrogens (tertiary/aromatic N) is 1. The van der Waals surface area contributed by atoms with Gasteiger partial charge >= 0.3 is 0 Å². The normalized spacial score (nSPS) is 24.9. The van der Waals surface area contributed by atoms with E-state index in [0.29, 0.717) is 0 Å². The standard InChI is InChI=1S/C11H20N2O/c1-5-9-7-13(4)8(3)11(14)12-10(9)6-2/h8H,5-7H2,1-4H3,(H,12,14)/t8-/m1/s1. The van der Waals surface area contributed by atoms with Gasteiger partial charge in [0.25, 0.3) is 0 Å². The first-order valence-corrected chi connectivity index (χ1v) is 5.32. The highest BCUT2D eigenvalue weighted by Gasteiger charge is 2.23. The molecule has 1 atom stereocenters. The van der Waals surface area contributed by atoms with E-state index >= 15 is 0 Å². The van der Waals surface area contributed by atoms with Gasteiger partial charge < -0.3 is 5.32 Å². The number of nitrogens with one attached hydrogen (secondary N) is 1. The topological polar surface area (TPSA) is 32.3 Å². The van der Waals surface area contributed by atoms with Crippen LogP contribution in [0, 0.1) is 0 Å². The van der Waals surface area contributed by atoms with Crippen LogP contribution >= 0.6 is 0 Å². The zero-order valence-electron chi connectivity index (χ0n) is 9.55. The van der Waals surface area contributed by atoms with E-state index in [2.05, 4.69) is 24.1 Å². The molecule has 14 heavy (non-hydrogen) atoms. The van der Waals surface area contributed by atoms with Gasteiger partial charge in [-0.3, -0.25) is 9.69 Å². The molecule has 0 radical (unpaired) electrons. The lowest BCUT2D eigenvalue weighted by molar-refractivity contribution is -0.124. The Morgan fingerprint density at radius 3 is 2.57 bits per heavy atom. The van der Waals surface area contributed by atoms with Crippen molar-refractivity contribution in [2.75, 3.05) is 13.6 Å². The third-order valence-electron chi connectivity index (χ3n) is 2.96. The van der Waals surface area contributed by atoms with Crippen LogP contribution in [0.1, 0.15) is 33.6 Å². The average Bonchev–Trinajstić information content (AvgIpc) is 2.29. The molecule has 3 heteroatoms. The highest BCUT2D eigenvalue weighted by Crippen LogP contribution is 2.16. The third kappa shape index (κ3) is 2.15. The van der Waals surface area contributed by atoms with Gasteiger partial charge in [0.05, 0.1) is 6.04 Å². The van der Waals surface area contributed by atoms with Crippen LogP contribution in [0.4, 0.5) is 0 Å². The van der Waals surface area contributed by atoms with E-state index in [9.17, 15) is 4.79 Å². The Labute approximate surface area is 86.2 Å². The Morgan fingerprint density at radius 1 is 1.43 bits per heavy atom. The molecule has 1 aliphatic rings. The van der Waals surface area contributed by atoms with Gasteiger partial charge in [-0.25, -0.2) is 0 Å². The molecule has 1 amide bonds. The molecular formula is C11H20N2O. The van der Waals surface area contributed by atoms with Crippen molar-refractivity contribution in [1.82, 2.24) is 10.2 Å². The summed E-state index contributed by atoms with van der Waals surface area (Å²) in [6, 6.07) is -0.0272. The molecule has 0 fully saturated rings. The first-order chi connectivity index (χ1) is 6.60. The van der Waals surface area contributed by atoms with Crippen molar-refractivity contribution in [2.24, 2.45) is 0 Å². The molecule has 1 N–H and O–H groups in total. The Kier molecular flexibility index (Phi) is 3.69. The van der Waals surface area contributed by atoms with Gasteiger partial charge in [0.2, 0.25) is 5.91 Å². The highest BCUT2D eigenvalue weighted by molar-refractivity contribution is 5.83. The lowest BCUT2D eigenvalue weighted by Gasteiger charge is -2.20. The molecule has 0 aromatic carbocycles. The predicted octanol–water partition coefficient (Wildman–Crippen LogP) is 1.51. The van der Waals surface area contributed by atoms with Crippen molar-refractivity contribution in [3.05, 3.63) is 11.3 Å². The number of allylic oxidation sites excluding steroid dienone is 1. The van der Waals surface area contributed by atoms with Crippen molar-refractivity contribution in [2.45, 2.75) is 39.7 Å². The summed E-state index contributed by atoms with van der Waals surface area (Å²) in [5.74, 6) is 0.118. The number of rotatable bonds is 2. The van der Waals surface area contributed by atoms with Gasteiger partial charge in [-0.15, -0.1) is 0 Å². The Morgan fingerprint density at radius 2 is 2.07 bits per heavy atom. The summed E-state index contributed by atoms with van der Waals surface area (Å²) in [6.45, 7) is 7.07. The van der Waals surface area contributed by atoms with Crippen LogP contribution in [-0.2, 0) is 4.79 Å². The number of likely N-dealkylation sites (N-methyl/N-ethyl adjacent to an activating group) is 1. The quantitative estimate of drug-likeness (QED) is 0.726. The van der Waals surface area contributed by atoms with Crippen molar-refractivity contribution in [3.63, 3.8) is 0 Å². The summed E-state index contributed by atoms with van der Waals surface area (Å²) in [5, 5.41) is 3.01. The molecular weight excluding hydrogens is 176 g/mol. The maximum absolute atomic E-state index is 11.7. The van der Waals surface area contributed by atoms with E-state index < -0.39 is 0 Å². The summed E-state index contributed by atoms with van der Waals surface area (Å²) in [5.41, 5.74) is 2.47. The zero-order chi connectivity index (χ0) is 10.7. The minimum absolute atomic E-state index is 0.0272. The van der Waals surface area contributed by atoms with Gasteiger partial charge in [-0.05, 0) is 32.4 Å². The van der Waals surface area contributed by atoms with Crippen LogP contribution < -0.4 is 5.32 Å². The summed E-state index contributed by atoms with van der Waals surface area (Å²) >= 11 is 0. The zero-order valence-corrected chi connectivity index (χ0v) is 9.55. The van der Waals surface area contributed by atoms with Gasteiger partial charge in [0.1, 0.15) is 0 Å². The summed E-state index contributed by atoms with van der Waals surface area (Å²) < 4.78 is 0. The second-order valence-electron chi connectivity index (χ2n) is 3.87. The molecule has 0 aliphatic carbocycles. The summed E-state index contributed by atoms with van der Waals surface area (Å²) in [6.07, 6.45) is 1.93. The van der Waals surface area contributed by atoms with Crippen LogP contribution in [0.3, 0.4) is 0 Å². The average molecular weight is 196 g/mol. The number of carbonyl (C=O) groups excluding carboxylic acids is 1. The van der Waals surface area contributed by atoms with Crippen LogP contribution in [0.25, 0.3) is 0 Å². The van der Waals surface area contributed by atoms with Gasteiger partial charge in [0, 0.05) is 12.2 Å². The summed E-state index contributed by atoms with van der Waals surface area (Å²) in [4.78, 5) is 13.8. The van der Waals surface area contributed by atoms with Crippen LogP contribution in [0.15, 0.2) is 11.3 Å². The van der Waals surface area contributed by atoms with E-state index in [1.165, 1.54) is 5.57 Å². The molecule has 1 aliphatic heterocycles. The maximum Gasteiger partial charge on any atom is 0.241 e. The Bertz CT molecular complexity index is 258. The van der Waals surface area contributed by atoms with Crippen molar-refractivity contribution in [1.29, 1.82) is 0 Å². The monoisotopic (exact) mass is 196 g/mol. The molecule has 0 bridgehead atoms. The molecule has 1 rings (SSSR count). The Balaban J connectivity index is 2.93. The van der Waals surface area contributed by atoms with Crippen LogP contribution in [-0.4, -0.2) is 30.4 Å². The first kappa shape index (κ1) is 11.2. The SMILES string of the molecule is CCC1=C(CC)NC(=O)[C@@H](C)N(C)C1. The predicted molar refractivity (Wildman–Crippen MR) is 57.8 cm³/mol. The van der Waals surface area contributed by atoms with Gasteiger partial charge in [-0.1, -0.05) is 13.8 Å². The van der Waals surface area contributed by atoms with E-state index in [1.54, 1.807) is 0 Å². The molecule has 0 aromatic rings. The molecule has 0 saturated heterocycles. The summed E-state index contributed by atoms with van der Waals surface area (Å²) in [7, 11) is 2.00. The molecule has 1 heterocycles. The van der Waals surface area contributed by atoms with E-state index in [-0.39, 0.29) is 11.9 Å². The second-order valence-corrected chi connectivity index (χ2v) is 3.87. The van der Waals surface area contributed by atoms with Crippen LogP contribution in [0.2, 0.25) is 0 Å². The lowest BCUT2D eigenvalue weighted by atomic mass is 10.1. The molecule has 3 nitrogen and oxygen atoms in total. The number of hydrogen-bond acceptors (Lipinski definition) is 2. The van der Waals surface area contributed by atoms with E-state index in [0.717, 1.165) is 25.1 Å². The molecule has 80 valence electrons.